The van der Waals surface area contributed by atoms with Gasteiger partial charge >= 0.3 is 11.1 Å². The molecule has 3 aromatic carbocycles. The van der Waals surface area contributed by atoms with Crippen molar-refractivity contribution in [2.45, 2.75) is 13.1 Å². The molecule has 0 saturated carbocycles. The van der Waals surface area contributed by atoms with E-state index in [9.17, 15) is 14.4 Å². The first kappa shape index (κ1) is 22.4. The van der Waals surface area contributed by atoms with Crippen molar-refractivity contribution in [2.24, 2.45) is 0 Å². The van der Waals surface area contributed by atoms with Crippen molar-refractivity contribution in [3.8, 4) is 11.5 Å². The Labute approximate surface area is 194 Å². The second kappa shape index (κ2) is 9.34. The van der Waals surface area contributed by atoms with Crippen LogP contribution in [0.1, 0.15) is 15.9 Å². The number of methoxy groups -OCH3 is 2. The number of nitrogens with zero attached hydrogens (tertiary/aromatic N) is 2. The highest BCUT2D eigenvalue weighted by atomic mass is 35.5. The van der Waals surface area contributed by atoms with Crippen LogP contribution in [-0.4, -0.2) is 29.1 Å². The highest BCUT2D eigenvalue weighted by molar-refractivity contribution is 6.31. The lowest BCUT2D eigenvalue weighted by atomic mass is 10.1. The fourth-order valence-corrected chi connectivity index (χ4v) is 3.89. The van der Waals surface area contributed by atoms with Gasteiger partial charge < -0.3 is 9.47 Å². The quantitative estimate of drug-likeness (QED) is 0.307. The number of halogens is 1. The van der Waals surface area contributed by atoms with E-state index >= 15 is 0 Å². The van der Waals surface area contributed by atoms with Crippen LogP contribution in [0.5, 0.6) is 11.5 Å². The lowest BCUT2D eigenvalue weighted by Crippen LogP contribution is -2.42. The number of carbonyl (C=O) groups is 1. The second-order valence-corrected chi connectivity index (χ2v) is 7.83. The number of Topliss-reactive ketones (excluding diaryl/α,β-unsaturated/α-hetero) is 1. The fraction of sp³-hybridized carbons (Fsp3) is 0.160. The number of aromatic nitrogens is 2. The maximum absolute atomic E-state index is 13.1. The van der Waals surface area contributed by atoms with Crippen LogP contribution in [-0.2, 0) is 13.1 Å². The van der Waals surface area contributed by atoms with Gasteiger partial charge in [0.15, 0.2) is 5.78 Å². The number of fused-ring (bicyclic) bond motifs is 1. The summed E-state index contributed by atoms with van der Waals surface area (Å²) in [6, 6.07) is 19.0. The molecule has 4 aromatic rings. The molecule has 1 heterocycles. The van der Waals surface area contributed by atoms with Crippen LogP contribution >= 0.6 is 11.6 Å². The lowest BCUT2D eigenvalue weighted by molar-refractivity contribution is 0.0969. The van der Waals surface area contributed by atoms with Crippen LogP contribution in [0.25, 0.3) is 11.0 Å². The molecule has 8 heteroatoms. The standard InChI is InChI=1S/C25H21ClN2O5/c1-32-18-9-10-19(23(13-18)33-2)22(29)15-28-21-12-17(26)8-11-20(21)27(24(30)25(28)31)14-16-6-4-3-5-7-16/h3-13H,14-15H2,1-2H3. The number of ketones is 1. The molecule has 33 heavy (non-hydrogen) atoms. The highest BCUT2D eigenvalue weighted by Gasteiger charge is 2.19. The summed E-state index contributed by atoms with van der Waals surface area (Å²) in [4.78, 5) is 39.3. The van der Waals surface area contributed by atoms with Gasteiger partial charge in [-0.1, -0.05) is 41.9 Å². The Morgan fingerprint density at radius 2 is 1.58 bits per heavy atom. The first-order valence-electron chi connectivity index (χ1n) is 10.1. The van der Waals surface area contributed by atoms with Crippen LogP contribution in [0, 0.1) is 0 Å². The van der Waals surface area contributed by atoms with E-state index in [0.29, 0.717) is 27.6 Å². The molecular weight excluding hydrogens is 444 g/mol. The molecule has 0 bridgehead atoms. The number of hydrogen-bond donors (Lipinski definition) is 0. The van der Waals surface area contributed by atoms with Gasteiger partial charge in [0, 0.05) is 11.1 Å². The molecule has 0 spiro atoms. The maximum Gasteiger partial charge on any atom is 0.317 e. The molecule has 0 amide bonds. The molecule has 7 nitrogen and oxygen atoms in total. The summed E-state index contributed by atoms with van der Waals surface area (Å²) < 4.78 is 13.1. The zero-order valence-corrected chi connectivity index (χ0v) is 18.8. The van der Waals surface area contributed by atoms with E-state index in [1.54, 1.807) is 36.4 Å². The van der Waals surface area contributed by atoms with Crippen LogP contribution in [0.4, 0.5) is 0 Å². The third kappa shape index (κ3) is 4.40. The predicted octanol–water partition coefficient (Wildman–Crippen LogP) is 3.77. The van der Waals surface area contributed by atoms with Gasteiger partial charge in [-0.2, -0.15) is 0 Å². The summed E-state index contributed by atoms with van der Waals surface area (Å²) in [7, 11) is 2.95. The minimum absolute atomic E-state index is 0.216. The normalized spacial score (nSPS) is 10.9. The third-order valence-corrected chi connectivity index (χ3v) is 5.62. The molecule has 0 atom stereocenters. The molecule has 0 saturated heterocycles. The summed E-state index contributed by atoms with van der Waals surface area (Å²) in [6.45, 7) is -0.131. The van der Waals surface area contributed by atoms with Crippen molar-refractivity contribution in [3.05, 3.63) is 104 Å². The Hall–Kier alpha value is -3.84. The van der Waals surface area contributed by atoms with Gasteiger partial charge in [-0.15, -0.1) is 0 Å². The molecule has 0 fully saturated rings. The molecule has 0 aliphatic carbocycles. The Morgan fingerprint density at radius 1 is 0.848 bits per heavy atom. The summed E-state index contributed by atoms with van der Waals surface area (Å²) >= 11 is 6.21. The Balaban J connectivity index is 1.84. The highest BCUT2D eigenvalue weighted by Crippen LogP contribution is 2.26. The van der Waals surface area contributed by atoms with E-state index in [1.165, 1.54) is 18.8 Å². The average molecular weight is 465 g/mol. The van der Waals surface area contributed by atoms with Gasteiger partial charge in [0.05, 0.1) is 43.9 Å². The van der Waals surface area contributed by atoms with Gasteiger partial charge in [0.2, 0.25) is 0 Å². The molecular formula is C25H21ClN2O5. The summed E-state index contributed by atoms with van der Waals surface area (Å²) in [5.41, 5.74) is 0.511. The maximum atomic E-state index is 13.1. The van der Waals surface area contributed by atoms with Gasteiger partial charge in [0.25, 0.3) is 0 Å². The Bertz CT molecular complexity index is 1460. The number of carbonyl (C=O) groups excluding carboxylic acids is 1. The summed E-state index contributed by atoms with van der Waals surface area (Å²) in [5.74, 6) is 0.451. The first-order valence-corrected chi connectivity index (χ1v) is 10.5. The summed E-state index contributed by atoms with van der Waals surface area (Å²) in [6.07, 6.45) is 0. The Kier molecular flexibility index (Phi) is 6.33. The van der Waals surface area contributed by atoms with Crippen molar-refractivity contribution in [1.29, 1.82) is 0 Å². The SMILES string of the molecule is COc1ccc(C(=O)Cn2c(=O)c(=O)n(Cc3ccccc3)c3ccc(Cl)cc32)c(OC)c1. The Morgan fingerprint density at radius 3 is 2.27 bits per heavy atom. The van der Waals surface area contributed by atoms with E-state index in [0.717, 1.165) is 10.1 Å². The number of ether oxygens (including phenoxy) is 2. The first-order chi connectivity index (χ1) is 15.9. The van der Waals surface area contributed by atoms with Crippen LogP contribution in [0.15, 0.2) is 76.3 Å². The smallest absolute Gasteiger partial charge is 0.317 e. The predicted molar refractivity (Wildman–Crippen MR) is 127 cm³/mol. The van der Waals surface area contributed by atoms with Crippen LogP contribution < -0.4 is 20.6 Å². The van der Waals surface area contributed by atoms with Gasteiger partial charge in [-0.25, -0.2) is 0 Å². The lowest BCUT2D eigenvalue weighted by Gasteiger charge is -2.16. The zero-order valence-electron chi connectivity index (χ0n) is 18.1. The van der Waals surface area contributed by atoms with Crippen LogP contribution in [0.3, 0.4) is 0 Å². The van der Waals surface area contributed by atoms with E-state index < -0.39 is 16.9 Å². The average Bonchev–Trinajstić information content (AvgIpc) is 2.84. The second-order valence-electron chi connectivity index (χ2n) is 7.39. The molecule has 1 aromatic heterocycles. The monoisotopic (exact) mass is 464 g/mol. The minimum atomic E-state index is -0.804. The van der Waals surface area contributed by atoms with E-state index in [4.69, 9.17) is 21.1 Å². The third-order valence-electron chi connectivity index (χ3n) is 5.39. The molecule has 0 unspecified atom stereocenters. The number of rotatable bonds is 7. The van der Waals surface area contributed by atoms with E-state index in [-0.39, 0.29) is 18.7 Å². The van der Waals surface area contributed by atoms with Gasteiger partial charge in [-0.05, 0) is 35.9 Å². The number of hydrogen-bond acceptors (Lipinski definition) is 5. The summed E-state index contributed by atoms with van der Waals surface area (Å²) in [5, 5.41) is 0.384. The minimum Gasteiger partial charge on any atom is -0.497 e. The molecule has 0 aliphatic heterocycles. The van der Waals surface area contributed by atoms with E-state index in [2.05, 4.69) is 0 Å². The van der Waals surface area contributed by atoms with Crippen LogP contribution in [0.2, 0.25) is 5.02 Å². The fourth-order valence-electron chi connectivity index (χ4n) is 3.73. The molecule has 4 rings (SSSR count). The molecule has 0 radical (unpaired) electrons. The van der Waals surface area contributed by atoms with E-state index in [1.807, 2.05) is 30.3 Å². The molecule has 0 N–H and O–H groups in total. The van der Waals surface area contributed by atoms with Crippen molar-refractivity contribution >= 4 is 28.4 Å². The largest absolute Gasteiger partial charge is 0.497 e. The van der Waals surface area contributed by atoms with Crippen molar-refractivity contribution in [2.75, 3.05) is 14.2 Å². The van der Waals surface area contributed by atoms with Crippen molar-refractivity contribution in [1.82, 2.24) is 9.13 Å². The van der Waals surface area contributed by atoms with Gasteiger partial charge in [0.1, 0.15) is 11.5 Å². The van der Waals surface area contributed by atoms with Crippen molar-refractivity contribution in [3.63, 3.8) is 0 Å². The molecule has 168 valence electrons. The number of benzene rings is 3. The van der Waals surface area contributed by atoms with Crippen molar-refractivity contribution < 1.29 is 14.3 Å². The molecule has 0 aliphatic rings. The zero-order chi connectivity index (χ0) is 23.5. The van der Waals surface area contributed by atoms with Gasteiger partial charge in [-0.3, -0.25) is 23.5 Å². The topological polar surface area (TPSA) is 79.5 Å².